The quantitative estimate of drug-likeness (QED) is 0.752. The molecule has 4 rings (SSSR count). The van der Waals surface area contributed by atoms with Crippen molar-refractivity contribution < 1.29 is 14.3 Å². The number of carbonyl (C=O) groups is 1. The number of hydrogen-bond donors (Lipinski definition) is 1. The Labute approximate surface area is 173 Å². The van der Waals surface area contributed by atoms with Gasteiger partial charge in [0.2, 0.25) is 0 Å². The summed E-state index contributed by atoms with van der Waals surface area (Å²) < 4.78 is 11.3. The molecule has 2 aliphatic heterocycles. The van der Waals surface area contributed by atoms with Gasteiger partial charge in [0, 0.05) is 24.4 Å². The van der Waals surface area contributed by atoms with Gasteiger partial charge in [-0.25, -0.2) is 0 Å². The van der Waals surface area contributed by atoms with Crippen LogP contribution in [0.4, 0.5) is 5.69 Å². The van der Waals surface area contributed by atoms with Crippen LogP contribution in [0, 0.1) is 0 Å². The number of piperidine rings is 1. The second kappa shape index (κ2) is 9.90. The van der Waals surface area contributed by atoms with Gasteiger partial charge in [0.15, 0.2) is 0 Å². The standard InChI is InChI=1S/C24H30N2O3/c27-24(20-8-6-19(7-9-20)17-26-14-2-1-3-15-26)25-21-10-12-22(13-11-21)29-18-23-5-4-16-28-23/h6-13,23H,1-5,14-18H2,(H,25,27). The van der Waals surface area contributed by atoms with E-state index in [0.29, 0.717) is 12.2 Å². The highest BCUT2D eigenvalue weighted by Gasteiger charge is 2.16. The van der Waals surface area contributed by atoms with E-state index < -0.39 is 0 Å². The summed E-state index contributed by atoms with van der Waals surface area (Å²) in [6.07, 6.45) is 6.30. The molecule has 0 bridgehead atoms. The van der Waals surface area contributed by atoms with Crippen LogP contribution in [0.3, 0.4) is 0 Å². The van der Waals surface area contributed by atoms with Crippen molar-refractivity contribution in [3.63, 3.8) is 0 Å². The zero-order valence-electron chi connectivity index (χ0n) is 16.9. The van der Waals surface area contributed by atoms with Gasteiger partial charge in [-0.2, -0.15) is 0 Å². The first kappa shape index (κ1) is 19.9. The summed E-state index contributed by atoms with van der Waals surface area (Å²) >= 11 is 0. The SMILES string of the molecule is O=C(Nc1ccc(OCC2CCCO2)cc1)c1ccc(CN2CCCCC2)cc1. The van der Waals surface area contributed by atoms with Crippen LogP contribution in [-0.4, -0.2) is 43.2 Å². The van der Waals surface area contributed by atoms with Crippen LogP contribution in [0.25, 0.3) is 0 Å². The zero-order valence-corrected chi connectivity index (χ0v) is 16.9. The predicted octanol–water partition coefficient (Wildman–Crippen LogP) is 4.48. The Morgan fingerprint density at radius 3 is 2.45 bits per heavy atom. The topological polar surface area (TPSA) is 50.8 Å². The minimum Gasteiger partial charge on any atom is -0.491 e. The van der Waals surface area contributed by atoms with Crippen LogP contribution in [-0.2, 0) is 11.3 Å². The van der Waals surface area contributed by atoms with Crippen molar-refractivity contribution in [3.8, 4) is 5.75 Å². The molecular weight excluding hydrogens is 364 g/mol. The van der Waals surface area contributed by atoms with Crippen LogP contribution in [0.5, 0.6) is 5.75 Å². The molecule has 154 valence electrons. The minimum absolute atomic E-state index is 0.0949. The maximum atomic E-state index is 12.5. The second-order valence-corrected chi connectivity index (χ2v) is 7.96. The number of likely N-dealkylation sites (tertiary alicyclic amines) is 1. The molecule has 2 heterocycles. The Balaban J connectivity index is 1.26. The van der Waals surface area contributed by atoms with E-state index in [9.17, 15) is 4.79 Å². The first-order valence-electron chi connectivity index (χ1n) is 10.7. The van der Waals surface area contributed by atoms with Gasteiger partial charge < -0.3 is 14.8 Å². The molecule has 0 spiro atoms. The number of nitrogens with zero attached hydrogens (tertiary/aromatic N) is 1. The molecule has 2 saturated heterocycles. The Morgan fingerprint density at radius 2 is 1.76 bits per heavy atom. The molecule has 2 aliphatic rings. The van der Waals surface area contributed by atoms with E-state index in [-0.39, 0.29) is 12.0 Å². The van der Waals surface area contributed by atoms with Crippen LogP contribution < -0.4 is 10.1 Å². The van der Waals surface area contributed by atoms with Crippen LogP contribution in [0.2, 0.25) is 0 Å². The van der Waals surface area contributed by atoms with Crippen LogP contribution >= 0.6 is 0 Å². The normalized spacial score (nSPS) is 19.8. The van der Waals surface area contributed by atoms with Gasteiger partial charge in [-0.15, -0.1) is 0 Å². The minimum atomic E-state index is -0.0949. The predicted molar refractivity (Wildman–Crippen MR) is 114 cm³/mol. The molecule has 2 aromatic carbocycles. The Morgan fingerprint density at radius 1 is 1.00 bits per heavy atom. The fourth-order valence-corrected chi connectivity index (χ4v) is 3.94. The lowest BCUT2D eigenvalue weighted by Crippen LogP contribution is -2.29. The third-order valence-corrected chi connectivity index (χ3v) is 5.64. The number of carbonyl (C=O) groups excluding carboxylic acids is 1. The van der Waals surface area contributed by atoms with Gasteiger partial charge >= 0.3 is 0 Å². The molecule has 1 amide bonds. The highest BCUT2D eigenvalue weighted by Crippen LogP contribution is 2.19. The molecule has 2 fully saturated rings. The van der Waals surface area contributed by atoms with E-state index in [1.54, 1.807) is 0 Å². The molecule has 1 N–H and O–H groups in total. The number of amides is 1. The summed E-state index contributed by atoms with van der Waals surface area (Å²) in [7, 11) is 0. The molecular formula is C24H30N2O3. The lowest BCUT2D eigenvalue weighted by molar-refractivity contribution is 0.0679. The average molecular weight is 395 g/mol. The Bertz CT molecular complexity index is 777. The van der Waals surface area contributed by atoms with Crippen molar-refractivity contribution in [2.24, 2.45) is 0 Å². The maximum Gasteiger partial charge on any atom is 0.255 e. The molecule has 29 heavy (non-hydrogen) atoms. The smallest absolute Gasteiger partial charge is 0.255 e. The molecule has 1 atom stereocenters. The Hall–Kier alpha value is -2.37. The number of ether oxygens (including phenoxy) is 2. The first-order chi connectivity index (χ1) is 14.3. The van der Waals surface area contributed by atoms with Crippen molar-refractivity contribution in [3.05, 3.63) is 59.7 Å². The lowest BCUT2D eigenvalue weighted by Gasteiger charge is -2.26. The first-order valence-corrected chi connectivity index (χ1v) is 10.7. The van der Waals surface area contributed by atoms with E-state index in [0.717, 1.165) is 37.4 Å². The maximum absolute atomic E-state index is 12.5. The number of benzene rings is 2. The second-order valence-electron chi connectivity index (χ2n) is 7.96. The van der Waals surface area contributed by atoms with Gasteiger partial charge in [0.05, 0.1) is 6.10 Å². The number of anilines is 1. The van der Waals surface area contributed by atoms with E-state index in [2.05, 4.69) is 22.3 Å². The third kappa shape index (κ3) is 5.81. The number of nitrogens with one attached hydrogen (secondary N) is 1. The van der Waals surface area contributed by atoms with Gasteiger partial charge in [0.25, 0.3) is 5.91 Å². The fraction of sp³-hybridized carbons (Fsp3) is 0.458. The lowest BCUT2D eigenvalue weighted by atomic mass is 10.1. The van der Waals surface area contributed by atoms with Crippen molar-refractivity contribution in [1.82, 2.24) is 4.90 Å². The van der Waals surface area contributed by atoms with Crippen molar-refractivity contribution in [2.45, 2.75) is 44.8 Å². The summed E-state index contributed by atoms with van der Waals surface area (Å²) in [6, 6.07) is 15.4. The zero-order chi connectivity index (χ0) is 19.9. The Kier molecular flexibility index (Phi) is 6.80. The van der Waals surface area contributed by atoms with Gasteiger partial charge in [-0.3, -0.25) is 9.69 Å². The monoisotopic (exact) mass is 394 g/mol. The largest absolute Gasteiger partial charge is 0.491 e. The summed E-state index contributed by atoms with van der Waals surface area (Å²) in [5, 5.41) is 2.95. The van der Waals surface area contributed by atoms with Crippen LogP contribution in [0.1, 0.15) is 48.0 Å². The van der Waals surface area contributed by atoms with E-state index in [1.807, 2.05) is 36.4 Å². The van der Waals surface area contributed by atoms with Gasteiger partial charge in [-0.1, -0.05) is 18.6 Å². The number of rotatable bonds is 7. The van der Waals surface area contributed by atoms with Crippen molar-refractivity contribution in [1.29, 1.82) is 0 Å². The molecule has 0 radical (unpaired) electrons. The van der Waals surface area contributed by atoms with Crippen molar-refractivity contribution >= 4 is 11.6 Å². The summed E-state index contributed by atoms with van der Waals surface area (Å²) in [4.78, 5) is 15.0. The summed E-state index contributed by atoms with van der Waals surface area (Å²) in [6.45, 7) is 4.73. The number of hydrogen-bond acceptors (Lipinski definition) is 4. The van der Waals surface area contributed by atoms with Gasteiger partial charge in [-0.05, 0) is 80.7 Å². The van der Waals surface area contributed by atoms with Gasteiger partial charge in [0.1, 0.15) is 12.4 Å². The summed E-state index contributed by atoms with van der Waals surface area (Å²) in [5.74, 6) is 0.697. The van der Waals surface area contributed by atoms with Crippen molar-refractivity contribution in [2.75, 3.05) is 31.6 Å². The molecule has 2 aromatic rings. The summed E-state index contributed by atoms with van der Waals surface area (Å²) in [5.41, 5.74) is 2.69. The van der Waals surface area contributed by atoms with E-state index in [1.165, 1.54) is 37.9 Å². The highest BCUT2D eigenvalue weighted by atomic mass is 16.5. The molecule has 1 unspecified atom stereocenters. The molecule has 0 saturated carbocycles. The fourth-order valence-electron chi connectivity index (χ4n) is 3.94. The molecule has 0 aliphatic carbocycles. The molecule has 5 nitrogen and oxygen atoms in total. The van der Waals surface area contributed by atoms with E-state index >= 15 is 0 Å². The van der Waals surface area contributed by atoms with Crippen LogP contribution in [0.15, 0.2) is 48.5 Å². The third-order valence-electron chi connectivity index (χ3n) is 5.64. The average Bonchev–Trinajstić information content (AvgIpc) is 3.28. The van der Waals surface area contributed by atoms with E-state index in [4.69, 9.17) is 9.47 Å². The molecule has 5 heteroatoms. The highest BCUT2D eigenvalue weighted by molar-refractivity contribution is 6.04. The molecule has 0 aromatic heterocycles.